The predicted octanol–water partition coefficient (Wildman–Crippen LogP) is 2.64. The second kappa shape index (κ2) is 6.64. The van der Waals surface area contributed by atoms with Crippen molar-refractivity contribution < 1.29 is 9.47 Å². The van der Waals surface area contributed by atoms with Gasteiger partial charge in [0.2, 0.25) is 0 Å². The molecule has 1 aromatic carbocycles. The van der Waals surface area contributed by atoms with Crippen LogP contribution >= 0.6 is 0 Å². The van der Waals surface area contributed by atoms with E-state index < -0.39 is 0 Å². The smallest absolute Gasteiger partial charge is 0.160 e. The van der Waals surface area contributed by atoms with Crippen molar-refractivity contribution in [3.63, 3.8) is 0 Å². The normalized spacial score (nSPS) is 14.6. The Morgan fingerprint density at radius 2 is 1.89 bits per heavy atom. The number of ether oxygens (including phenoxy) is 2. The second-order valence-corrected chi connectivity index (χ2v) is 4.92. The zero-order valence-electron chi connectivity index (χ0n) is 11.4. The van der Waals surface area contributed by atoms with Gasteiger partial charge in [0.25, 0.3) is 0 Å². The van der Waals surface area contributed by atoms with Crippen molar-refractivity contribution in [2.24, 2.45) is 5.92 Å². The van der Waals surface area contributed by atoms with E-state index in [1.54, 1.807) is 14.2 Å². The average molecular weight is 249 g/mol. The van der Waals surface area contributed by atoms with Crippen molar-refractivity contribution in [1.82, 2.24) is 5.32 Å². The molecule has 2 rings (SSSR count). The lowest BCUT2D eigenvalue weighted by Gasteiger charge is -2.10. The third kappa shape index (κ3) is 3.91. The number of methoxy groups -OCH3 is 2. The Labute approximate surface area is 109 Å². The molecule has 1 N–H and O–H groups in total. The number of benzene rings is 1. The first-order chi connectivity index (χ1) is 8.83. The Bertz CT molecular complexity index is 375. The zero-order valence-corrected chi connectivity index (χ0v) is 11.4. The Morgan fingerprint density at radius 1 is 1.11 bits per heavy atom. The summed E-state index contributed by atoms with van der Waals surface area (Å²) >= 11 is 0. The maximum Gasteiger partial charge on any atom is 0.160 e. The summed E-state index contributed by atoms with van der Waals surface area (Å²) in [5.41, 5.74) is 1.28. The molecule has 100 valence electrons. The van der Waals surface area contributed by atoms with E-state index in [0.717, 1.165) is 36.9 Å². The van der Waals surface area contributed by atoms with Crippen LogP contribution in [0, 0.1) is 5.92 Å². The summed E-state index contributed by atoms with van der Waals surface area (Å²) in [6.07, 6.45) is 5.26. The fourth-order valence-corrected chi connectivity index (χ4v) is 2.11. The number of hydrogen-bond acceptors (Lipinski definition) is 3. The molecule has 0 unspecified atom stereocenters. The highest BCUT2D eigenvalue weighted by Crippen LogP contribution is 2.31. The van der Waals surface area contributed by atoms with Gasteiger partial charge in [-0.1, -0.05) is 18.9 Å². The predicted molar refractivity (Wildman–Crippen MR) is 73.5 cm³/mol. The van der Waals surface area contributed by atoms with Crippen LogP contribution in [0.15, 0.2) is 18.2 Å². The standard InChI is InChI=1S/C15H23NO2/c1-17-14-6-5-13(11-15(14)18-2)8-10-16-9-7-12-3-4-12/h5-6,11-12,16H,3-4,7-10H2,1-2H3. The van der Waals surface area contributed by atoms with E-state index >= 15 is 0 Å². The molecule has 0 amide bonds. The van der Waals surface area contributed by atoms with Gasteiger partial charge < -0.3 is 14.8 Å². The molecule has 1 aliphatic rings. The second-order valence-electron chi connectivity index (χ2n) is 4.92. The van der Waals surface area contributed by atoms with Crippen LogP contribution in [0.2, 0.25) is 0 Å². The molecule has 3 heteroatoms. The van der Waals surface area contributed by atoms with Gasteiger partial charge in [-0.25, -0.2) is 0 Å². The summed E-state index contributed by atoms with van der Waals surface area (Å²) in [6.45, 7) is 2.18. The number of nitrogens with one attached hydrogen (secondary N) is 1. The van der Waals surface area contributed by atoms with Gasteiger partial charge in [0.1, 0.15) is 0 Å². The van der Waals surface area contributed by atoms with Crippen molar-refractivity contribution in [3.05, 3.63) is 23.8 Å². The van der Waals surface area contributed by atoms with Crippen molar-refractivity contribution in [1.29, 1.82) is 0 Å². The first-order valence-corrected chi connectivity index (χ1v) is 6.75. The van der Waals surface area contributed by atoms with Gasteiger partial charge in [-0.05, 0) is 49.5 Å². The van der Waals surface area contributed by atoms with Crippen LogP contribution in [0.5, 0.6) is 11.5 Å². The third-order valence-electron chi connectivity index (χ3n) is 3.46. The van der Waals surface area contributed by atoms with E-state index in [1.165, 1.54) is 24.8 Å². The summed E-state index contributed by atoms with van der Waals surface area (Å²) in [5, 5.41) is 3.50. The van der Waals surface area contributed by atoms with Gasteiger partial charge in [0.05, 0.1) is 14.2 Å². The summed E-state index contributed by atoms with van der Waals surface area (Å²) < 4.78 is 10.5. The minimum atomic E-state index is 0.794. The van der Waals surface area contributed by atoms with Crippen LogP contribution in [-0.2, 0) is 6.42 Å². The first kappa shape index (κ1) is 13.2. The Balaban J connectivity index is 1.73. The summed E-state index contributed by atoms with van der Waals surface area (Å²) in [7, 11) is 3.34. The first-order valence-electron chi connectivity index (χ1n) is 6.75. The van der Waals surface area contributed by atoms with Crippen LogP contribution in [0.25, 0.3) is 0 Å². The molecule has 3 nitrogen and oxygen atoms in total. The highest BCUT2D eigenvalue weighted by Gasteiger charge is 2.19. The van der Waals surface area contributed by atoms with Crippen molar-refractivity contribution in [2.75, 3.05) is 27.3 Å². The highest BCUT2D eigenvalue weighted by molar-refractivity contribution is 5.42. The van der Waals surface area contributed by atoms with Gasteiger partial charge in [-0.3, -0.25) is 0 Å². The fourth-order valence-electron chi connectivity index (χ4n) is 2.11. The molecular weight excluding hydrogens is 226 g/mol. The Hall–Kier alpha value is -1.22. The SMILES string of the molecule is COc1ccc(CCNCCC2CC2)cc1OC. The maximum absolute atomic E-state index is 5.30. The molecule has 0 aliphatic heterocycles. The molecular formula is C15H23NO2. The molecule has 0 bridgehead atoms. The Kier molecular flexibility index (Phi) is 4.88. The van der Waals surface area contributed by atoms with E-state index in [9.17, 15) is 0 Å². The average Bonchev–Trinajstić information content (AvgIpc) is 3.22. The molecule has 0 atom stereocenters. The van der Waals surface area contributed by atoms with Gasteiger partial charge in [0.15, 0.2) is 11.5 Å². The molecule has 0 spiro atoms. The fraction of sp³-hybridized carbons (Fsp3) is 0.600. The van der Waals surface area contributed by atoms with Crippen LogP contribution < -0.4 is 14.8 Å². The lowest BCUT2D eigenvalue weighted by molar-refractivity contribution is 0.354. The van der Waals surface area contributed by atoms with Gasteiger partial charge in [0, 0.05) is 0 Å². The van der Waals surface area contributed by atoms with Crippen LogP contribution in [0.4, 0.5) is 0 Å². The molecule has 1 aromatic rings. The zero-order chi connectivity index (χ0) is 12.8. The monoisotopic (exact) mass is 249 g/mol. The van der Waals surface area contributed by atoms with E-state index in [-0.39, 0.29) is 0 Å². The molecule has 0 saturated heterocycles. The summed E-state index contributed by atoms with van der Waals surface area (Å²) in [4.78, 5) is 0. The van der Waals surface area contributed by atoms with Crippen LogP contribution in [0.1, 0.15) is 24.8 Å². The minimum Gasteiger partial charge on any atom is -0.493 e. The van der Waals surface area contributed by atoms with E-state index in [0.29, 0.717) is 0 Å². The summed E-state index contributed by atoms with van der Waals surface area (Å²) in [6, 6.07) is 6.13. The topological polar surface area (TPSA) is 30.5 Å². The van der Waals surface area contributed by atoms with Crippen LogP contribution in [-0.4, -0.2) is 27.3 Å². The van der Waals surface area contributed by atoms with Gasteiger partial charge in [-0.15, -0.1) is 0 Å². The maximum atomic E-state index is 5.30. The highest BCUT2D eigenvalue weighted by atomic mass is 16.5. The van der Waals surface area contributed by atoms with Gasteiger partial charge >= 0.3 is 0 Å². The lowest BCUT2D eigenvalue weighted by atomic mass is 10.1. The Morgan fingerprint density at radius 3 is 2.56 bits per heavy atom. The minimum absolute atomic E-state index is 0.794. The molecule has 1 aliphatic carbocycles. The third-order valence-corrected chi connectivity index (χ3v) is 3.46. The lowest BCUT2D eigenvalue weighted by Crippen LogP contribution is -2.18. The van der Waals surface area contributed by atoms with Gasteiger partial charge in [-0.2, -0.15) is 0 Å². The quantitative estimate of drug-likeness (QED) is 0.718. The molecule has 0 aromatic heterocycles. The molecule has 0 heterocycles. The molecule has 0 radical (unpaired) electrons. The molecule has 1 fully saturated rings. The molecule has 18 heavy (non-hydrogen) atoms. The number of hydrogen-bond donors (Lipinski definition) is 1. The van der Waals surface area contributed by atoms with Crippen molar-refractivity contribution in [2.45, 2.75) is 25.7 Å². The largest absolute Gasteiger partial charge is 0.493 e. The van der Waals surface area contributed by atoms with Crippen molar-refractivity contribution >= 4 is 0 Å². The van der Waals surface area contributed by atoms with Crippen LogP contribution in [0.3, 0.4) is 0 Å². The van der Waals surface area contributed by atoms with E-state index in [1.807, 2.05) is 6.07 Å². The number of rotatable bonds is 8. The molecule has 1 saturated carbocycles. The van der Waals surface area contributed by atoms with E-state index in [4.69, 9.17) is 9.47 Å². The van der Waals surface area contributed by atoms with Crippen molar-refractivity contribution in [3.8, 4) is 11.5 Å². The van der Waals surface area contributed by atoms with E-state index in [2.05, 4.69) is 17.4 Å². The summed E-state index contributed by atoms with van der Waals surface area (Å²) in [5.74, 6) is 2.62.